The molecule has 3 aromatic heterocycles. The van der Waals surface area contributed by atoms with Crippen LogP contribution in [0.4, 0.5) is 5.00 Å². The number of amides is 1. The molecule has 0 fully saturated rings. The number of nitrogens with zero attached hydrogens (tertiary/aromatic N) is 3. The van der Waals surface area contributed by atoms with Crippen LogP contribution in [0.5, 0.6) is 0 Å². The van der Waals surface area contributed by atoms with Crippen molar-refractivity contribution < 1.29 is 14.3 Å². The molecule has 4 aromatic rings. The molecule has 1 N–H and O–H groups in total. The van der Waals surface area contributed by atoms with Crippen molar-refractivity contribution >= 4 is 39.2 Å². The molecule has 35 heavy (non-hydrogen) atoms. The predicted molar refractivity (Wildman–Crippen MR) is 135 cm³/mol. The van der Waals surface area contributed by atoms with Gasteiger partial charge in [-0.05, 0) is 44.0 Å². The number of anilines is 1. The molecule has 0 unspecified atom stereocenters. The summed E-state index contributed by atoms with van der Waals surface area (Å²) in [5.41, 5.74) is 1.45. The smallest absolute Gasteiger partial charge is 0.341 e. The Morgan fingerprint density at radius 1 is 1.11 bits per heavy atom. The van der Waals surface area contributed by atoms with Crippen molar-refractivity contribution in [2.75, 3.05) is 11.9 Å². The maximum Gasteiger partial charge on any atom is 0.341 e. The van der Waals surface area contributed by atoms with E-state index in [1.807, 2.05) is 30.3 Å². The highest BCUT2D eigenvalue weighted by atomic mass is 32.1. The number of esters is 1. The highest BCUT2D eigenvalue weighted by Gasteiger charge is 2.22. The standard InChI is InChI=1S/C25H24N4O5S/c1-5-34-24(32)17-12-18(16-9-7-6-8-10-16)35-22(17)27-19(30)13-29-23(31)20-14(2)11-15(3)26-21(20)28(4)25(29)33/h6-12H,5,13H2,1-4H3,(H,27,30). The number of nitrogens with one attached hydrogen (secondary N) is 1. The van der Waals surface area contributed by atoms with Crippen molar-refractivity contribution in [2.24, 2.45) is 7.05 Å². The van der Waals surface area contributed by atoms with E-state index in [4.69, 9.17) is 4.74 Å². The number of aromatic nitrogens is 3. The van der Waals surface area contributed by atoms with E-state index in [1.165, 1.54) is 23.0 Å². The van der Waals surface area contributed by atoms with E-state index >= 15 is 0 Å². The van der Waals surface area contributed by atoms with Gasteiger partial charge in [0, 0.05) is 17.6 Å². The molecule has 0 aliphatic carbocycles. The Hall–Kier alpha value is -4.05. The van der Waals surface area contributed by atoms with Crippen LogP contribution in [-0.2, 0) is 23.1 Å². The fourth-order valence-electron chi connectivity index (χ4n) is 3.86. The first-order chi connectivity index (χ1) is 16.7. The lowest BCUT2D eigenvalue weighted by Gasteiger charge is -2.12. The van der Waals surface area contributed by atoms with Crippen molar-refractivity contribution in [1.29, 1.82) is 0 Å². The van der Waals surface area contributed by atoms with Crippen molar-refractivity contribution in [3.8, 4) is 10.4 Å². The monoisotopic (exact) mass is 492 g/mol. The Morgan fingerprint density at radius 3 is 2.51 bits per heavy atom. The highest BCUT2D eigenvalue weighted by Crippen LogP contribution is 2.36. The lowest BCUT2D eigenvalue weighted by molar-refractivity contribution is -0.116. The van der Waals surface area contributed by atoms with Gasteiger partial charge in [0.1, 0.15) is 17.2 Å². The first kappa shape index (κ1) is 24.1. The van der Waals surface area contributed by atoms with Crippen LogP contribution < -0.4 is 16.6 Å². The van der Waals surface area contributed by atoms with Gasteiger partial charge in [0.25, 0.3) is 5.56 Å². The van der Waals surface area contributed by atoms with E-state index in [9.17, 15) is 19.2 Å². The summed E-state index contributed by atoms with van der Waals surface area (Å²) in [5.74, 6) is -1.19. The summed E-state index contributed by atoms with van der Waals surface area (Å²) in [6.07, 6.45) is 0. The number of aryl methyl sites for hydroxylation is 3. The minimum atomic E-state index is -0.656. The molecular formula is C25H24N4O5S. The van der Waals surface area contributed by atoms with Crippen LogP contribution in [0.1, 0.15) is 28.5 Å². The number of pyridine rings is 1. The Labute approximate surface area is 204 Å². The Morgan fingerprint density at radius 2 is 1.83 bits per heavy atom. The summed E-state index contributed by atoms with van der Waals surface area (Å²) in [6.45, 7) is 4.89. The average molecular weight is 493 g/mol. The van der Waals surface area contributed by atoms with E-state index in [-0.39, 0.29) is 28.2 Å². The van der Waals surface area contributed by atoms with Gasteiger partial charge in [-0.1, -0.05) is 30.3 Å². The number of fused-ring (bicyclic) bond motifs is 1. The van der Waals surface area contributed by atoms with E-state index in [0.717, 1.165) is 15.0 Å². The quantitative estimate of drug-likeness (QED) is 0.414. The maximum atomic E-state index is 13.1. The van der Waals surface area contributed by atoms with Gasteiger partial charge in [-0.2, -0.15) is 0 Å². The normalized spacial score (nSPS) is 11.0. The summed E-state index contributed by atoms with van der Waals surface area (Å²) in [4.78, 5) is 56.6. The molecule has 9 nitrogen and oxygen atoms in total. The molecule has 10 heteroatoms. The first-order valence-corrected chi connectivity index (χ1v) is 11.8. The summed E-state index contributed by atoms with van der Waals surface area (Å²) in [6, 6.07) is 12.8. The average Bonchev–Trinajstić information content (AvgIpc) is 3.24. The SMILES string of the molecule is CCOC(=O)c1cc(-c2ccccc2)sc1NC(=O)Cn1c(=O)c2c(C)cc(C)nc2n(C)c1=O. The van der Waals surface area contributed by atoms with E-state index < -0.39 is 29.7 Å². The van der Waals surface area contributed by atoms with Crippen LogP contribution in [-0.4, -0.2) is 32.6 Å². The van der Waals surface area contributed by atoms with Crippen molar-refractivity contribution in [1.82, 2.24) is 14.1 Å². The fourth-order valence-corrected chi connectivity index (χ4v) is 4.92. The summed E-state index contributed by atoms with van der Waals surface area (Å²) in [5, 5.41) is 3.25. The number of ether oxygens (including phenoxy) is 1. The van der Waals surface area contributed by atoms with Gasteiger partial charge in [-0.15, -0.1) is 11.3 Å². The van der Waals surface area contributed by atoms with Gasteiger partial charge in [0.15, 0.2) is 0 Å². The molecule has 180 valence electrons. The molecule has 4 rings (SSSR count). The second-order valence-corrected chi connectivity index (χ2v) is 9.05. The van der Waals surface area contributed by atoms with E-state index in [0.29, 0.717) is 11.3 Å². The van der Waals surface area contributed by atoms with Crippen LogP contribution in [0.15, 0.2) is 52.1 Å². The zero-order chi connectivity index (χ0) is 25.3. The molecule has 0 saturated carbocycles. The number of carbonyl (C=O) groups excluding carboxylic acids is 2. The Kier molecular flexibility index (Phi) is 6.65. The van der Waals surface area contributed by atoms with Gasteiger partial charge in [-0.25, -0.2) is 14.6 Å². The highest BCUT2D eigenvalue weighted by molar-refractivity contribution is 7.20. The molecule has 1 aromatic carbocycles. The lowest BCUT2D eigenvalue weighted by atomic mass is 10.1. The molecule has 0 radical (unpaired) electrons. The second kappa shape index (κ2) is 9.67. The molecule has 3 heterocycles. The van der Waals surface area contributed by atoms with Gasteiger partial charge >= 0.3 is 11.7 Å². The van der Waals surface area contributed by atoms with Gasteiger partial charge in [-0.3, -0.25) is 18.7 Å². The van der Waals surface area contributed by atoms with Crippen molar-refractivity contribution in [2.45, 2.75) is 27.3 Å². The number of rotatable bonds is 6. The van der Waals surface area contributed by atoms with Crippen LogP contribution in [0, 0.1) is 13.8 Å². The fraction of sp³-hybridized carbons (Fsp3) is 0.240. The molecule has 0 spiro atoms. The third-order valence-corrected chi connectivity index (χ3v) is 6.56. The molecule has 0 atom stereocenters. The second-order valence-electron chi connectivity index (χ2n) is 8.00. The van der Waals surface area contributed by atoms with Gasteiger partial charge in [0.05, 0.1) is 17.6 Å². The van der Waals surface area contributed by atoms with Crippen LogP contribution in [0.3, 0.4) is 0 Å². The Balaban J connectivity index is 1.71. The largest absolute Gasteiger partial charge is 0.462 e. The third kappa shape index (κ3) is 4.65. The van der Waals surface area contributed by atoms with E-state index in [1.54, 1.807) is 32.9 Å². The van der Waals surface area contributed by atoms with Crippen molar-refractivity contribution in [3.63, 3.8) is 0 Å². The summed E-state index contributed by atoms with van der Waals surface area (Å²) < 4.78 is 7.27. The van der Waals surface area contributed by atoms with Crippen LogP contribution in [0.2, 0.25) is 0 Å². The van der Waals surface area contributed by atoms with Gasteiger partial charge < -0.3 is 10.1 Å². The number of hydrogen-bond acceptors (Lipinski definition) is 7. The molecule has 0 saturated heterocycles. The number of benzene rings is 1. The van der Waals surface area contributed by atoms with E-state index in [2.05, 4.69) is 10.3 Å². The number of carbonyl (C=O) groups is 2. The molecule has 1 amide bonds. The minimum absolute atomic E-state index is 0.179. The minimum Gasteiger partial charge on any atom is -0.462 e. The topological polar surface area (TPSA) is 112 Å². The zero-order valence-corrected chi connectivity index (χ0v) is 20.6. The maximum absolute atomic E-state index is 13.1. The van der Waals surface area contributed by atoms with Crippen molar-refractivity contribution in [3.05, 3.63) is 80.1 Å². The zero-order valence-electron chi connectivity index (χ0n) is 19.7. The van der Waals surface area contributed by atoms with Crippen LogP contribution >= 0.6 is 11.3 Å². The Bertz CT molecular complexity index is 1570. The first-order valence-electron chi connectivity index (χ1n) is 10.9. The lowest BCUT2D eigenvalue weighted by Crippen LogP contribution is -2.42. The molecule has 0 bridgehead atoms. The van der Waals surface area contributed by atoms with Gasteiger partial charge in [0.2, 0.25) is 5.91 Å². The van der Waals surface area contributed by atoms with Crippen LogP contribution in [0.25, 0.3) is 21.5 Å². The molecule has 0 aliphatic rings. The number of thiophene rings is 1. The molecule has 0 aliphatic heterocycles. The predicted octanol–water partition coefficient (Wildman–Crippen LogP) is 3.26. The summed E-state index contributed by atoms with van der Waals surface area (Å²) >= 11 is 1.21. The number of hydrogen-bond donors (Lipinski definition) is 1. The molecular weight excluding hydrogens is 468 g/mol. The third-order valence-electron chi connectivity index (χ3n) is 5.46. The summed E-state index contributed by atoms with van der Waals surface area (Å²) in [7, 11) is 1.51.